The van der Waals surface area contributed by atoms with Gasteiger partial charge in [-0.05, 0) is 399 Å². The molecule has 8 heteroatoms. The van der Waals surface area contributed by atoms with Crippen molar-refractivity contribution in [2.75, 3.05) is 19.6 Å². The number of pyridine rings is 4. The molecule has 140 heavy (non-hydrogen) atoms. The number of nitrogens with zero attached hydrogens (tertiary/aromatic N) is 8. The molecular weight excluding hydrogens is 1700 g/mol. The second kappa shape index (κ2) is 28.5. The Morgan fingerprint density at radius 1 is 0.150 bits per heavy atom. The normalized spacial score (nSPS) is 14.9. The van der Waals surface area contributed by atoms with Gasteiger partial charge >= 0.3 is 0 Å². The number of benzene rings is 16. The van der Waals surface area contributed by atoms with Gasteiger partial charge in [0.1, 0.15) is 0 Å². The summed E-state index contributed by atoms with van der Waals surface area (Å²) in [5.74, 6) is 0. The second-order valence-electron chi connectivity index (χ2n) is 41.5. The maximum Gasteiger partial charge on any atom is 0.0716 e. The number of hydrogen-bond acceptors (Lipinski definition) is 8. The van der Waals surface area contributed by atoms with Gasteiger partial charge < -0.3 is 19.6 Å². The summed E-state index contributed by atoms with van der Waals surface area (Å²) in [7, 11) is 0. The van der Waals surface area contributed by atoms with Crippen molar-refractivity contribution in [1.29, 1.82) is 0 Å². The van der Waals surface area contributed by atoms with Crippen LogP contribution in [0.15, 0.2) is 340 Å². The molecule has 4 aromatic heterocycles. The molecule has 0 bridgehead atoms. The standard InChI is InChI=1S/4C33H22N2/c1-3-7-26-19(5-1)11-22-14-23-13-21-9-10-31-29(32(21)28(23)16-27(22)26)15-25-18-34-17-24-12-20-6-2-4-8-30(20)35(31)33(24)25;1-3-7-25-19(5-1)13-23-15-24-14-21-9-10-31-28(32(21)27(24)18-26(23)25)16-22-11-12-34-29-17-20-6-2-4-8-30(20)35(31)33(22)29;1-3-7-25-19(5-1)13-23-17-27-24(16-26(23)25)15-21-9-10-31-28(32(21)27)18-29-33-22(11-12-34-29)14-20-6-2-4-8-30(20)35(31)33;1-3-7-25-19(5-1)13-23-16-24-15-21-9-10-31-28(32(21)27(24)17-26(23)25)18-29-33-22(11-12-34-29)14-20-6-2-4-8-30(20)35(31)33/h1-10,14,16-18H,11-13,15H2;1-12,15,18H,13-14,16-17H2;2*1-12,16-17H,13-15,18H2. The van der Waals surface area contributed by atoms with Gasteiger partial charge in [0.2, 0.25) is 0 Å². The van der Waals surface area contributed by atoms with Gasteiger partial charge in [0.15, 0.2) is 0 Å². The number of aromatic nitrogens is 4. The summed E-state index contributed by atoms with van der Waals surface area (Å²) in [6.07, 6.45) is 26.0. The van der Waals surface area contributed by atoms with Crippen molar-refractivity contribution in [3.63, 3.8) is 0 Å². The number of hydrogen-bond donors (Lipinski definition) is 0. The third-order valence-electron chi connectivity index (χ3n) is 34.2. The van der Waals surface area contributed by atoms with Gasteiger partial charge in [0, 0.05) is 105 Å². The number of anilines is 12. The van der Waals surface area contributed by atoms with Crippen LogP contribution < -0.4 is 19.6 Å². The van der Waals surface area contributed by atoms with Gasteiger partial charge in [-0.3, -0.25) is 19.9 Å². The number of fused-ring (bicyclic) bond motifs is 44. The molecule has 0 saturated carbocycles. The van der Waals surface area contributed by atoms with Crippen LogP contribution in [0.3, 0.4) is 0 Å². The van der Waals surface area contributed by atoms with E-state index >= 15 is 0 Å². The molecule has 0 unspecified atom stereocenters. The van der Waals surface area contributed by atoms with E-state index < -0.39 is 0 Å². The molecule has 8 nitrogen and oxygen atoms in total. The molecule has 0 atom stereocenters. The summed E-state index contributed by atoms with van der Waals surface area (Å²) >= 11 is 0. The molecule has 0 amide bonds. The number of rotatable bonds is 0. The second-order valence-corrected chi connectivity index (χ2v) is 41.5. The Bertz CT molecular complexity index is 8510. The number of para-hydroxylation sites is 4. The van der Waals surface area contributed by atoms with Crippen LogP contribution in [0.5, 0.6) is 0 Å². The van der Waals surface area contributed by atoms with E-state index in [1.165, 1.54) is 336 Å². The Morgan fingerprint density at radius 2 is 0.400 bits per heavy atom. The third kappa shape index (κ3) is 10.8. The first-order valence-corrected chi connectivity index (χ1v) is 50.3. The lowest BCUT2D eigenvalue weighted by Gasteiger charge is -2.39. The molecule has 8 aliphatic heterocycles. The van der Waals surface area contributed by atoms with Crippen LogP contribution in [0.1, 0.15) is 178 Å². The van der Waals surface area contributed by atoms with Crippen LogP contribution in [-0.2, 0) is 103 Å². The minimum Gasteiger partial charge on any atom is -0.309 e. The highest BCUT2D eigenvalue weighted by atomic mass is 15.2. The van der Waals surface area contributed by atoms with Crippen LogP contribution in [0, 0.1) is 0 Å². The summed E-state index contributed by atoms with van der Waals surface area (Å²) in [5.41, 5.74) is 84.0. The summed E-state index contributed by atoms with van der Waals surface area (Å²) < 4.78 is 0. The first-order valence-electron chi connectivity index (χ1n) is 50.3. The fraction of sp³-hybridized carbons (Fsp3) is 0.121. The van der Waals surface area contributed by atoms with E-state index in [0.29, 0.717) is 0 Å². The zero-order valence-electron chi connectivity index (χ0n) is 77.2. The maximum atomic E-state index is 4.91. The van der Waals surface area contributed by atoms with E-state index in [4.69, 9.17) is 15.0 Å². The largest absolute Gasteiger partial charge is 0.309 e. The average molecular weight is 1790 g/mol. The van der Waals surface area contributed by atoms with Crippen LogP contribution in [0.25, 0.3) is 89.0 Å². The van der Waals surface area contributed by atoms with Crippen molar-refractivity contribution < 1.29 is 0 Å². The van der Waals surface area contributed by atoms with Gasteiger partial charge in [0.05, 0.1) is 62.6 Å². The van der Waals surface area contributed by atoms with E-state index in [-0.39, 0.29) is 0 Å². The molecule has 0 spiro atoms. The predicted molar refractivity (Wildman–Crippen MR) is 564 cm³/mol. The molecule has 36 rings (SSSR count). The fourth-order valence-electron chi connectivity index (χ4n) is 28.4. The van der Waals surface area contributed by atoms with Crippen LogP contribution in [-0.4, -0.2) is 19.9 Å². The summed E-state index contributed by atoms with van der Waals surface area (Å²) in [5, 5.41) is 0. The highest BCUT2D eigenvalue weighted by Gasteiger charge is 2.44. The Balaban J connectivity index is 0.0000000829. The average Bonchev–Trinajstić information content (AvgIpc) is 1.57. The lowest BCUT2D eigenvalue weighted by molar-refractivity contribution is 0.960. The topological polar surface area (TPSA) is 64.5 Å². The van der Waals surface area contributed by atoms with Crippen LogP contribution >= 0.6 is 0 Å². The lowest BCUT2D eigenvalue weighted by Crippen LogP contribution is -2.25. The summed E-state index contributed by atoms with van der Waals surface area (Å²) in [6.45, 7) is 0. The summed E-state index contributed by atoms with van der Waals surface area (Å²) in [6, 6.07) is 117. The Labute approximate surface area is 812 Å². The molecule has 20 aromatic rings. The van der Waals surface area contributed by atoms with Gasteiger partial charge in [-0.2, -0.15) is 0 Å². The van der Waals surface area contributed by atoms with Crippen molar-refractivity contribution in [3.05, 3.63) is 519 Å². The van der Waals surface area contributed by atoms with Gasteiger partial charge in [-0.25, -0.2) is 0 Å². The molecule has 8 aliphatic carbocycles. The van der Waals surface area contributed by atoms with Crippen molar-refractivity contribution >= 4 is 68.2 Å². The molecule has 16 aromatic carbocycles. The van der Waals surface area contributed by atoms with Crippen molar-refractivity contribution in [1.82, 2.24) is 19.9 Å². The van der Waals surface area contributed by atoms with E-state index in [1.54, 1.807) is 0 Å². The SMILES string of the molecule is c1ccc2c(c1)Cc1cc3c(cc1-2)-c1c(ccc2c1Cc1ccnc4c1N2c1ccccc1C4)C3.c1ccc2c(c1)Cc1cc3c(cc1-2)-c1c(ccc2c1Cc1cncc4c1N2c1ccccc1C4)C3.c1ccc2c(c1)Cc1cc3c(cc1-2)-c1c(ccc2c1Cc1nccc4c1N2c1ccccc1C4)C3.c1ccc2c(c1)Cc1cc3c(cc1-2)Cc1ccc2c(c1-3)Cc1nccc3c1N2c1ccccc1C3. The minimum atomic E-state index is 0.896. The Morgan fingerprint density at radius 3 is 0.786 bits per heavy atom. The van der Waals surface area contributed by atoms with Gasteiger partial charge in [0.25, 0.3) is 0 Å². The van der Waals surface area contributed by atoms with Crippen molar-refractivity contribution in [3.8, 4) is 89.0 Å². The zero-order chi connectivity index (χ0) is 90.7. The highest BCUT2D eigenvalue weighted by Crippen LogP contribution is 2.62. The van der Waals surface area contributed by atoms with E-state index in [2.05, 4.69) is 346 Å². The predicted octanol–water partition coefficient (Wildman–Crippen LogP) is 30.0. The quantitative estimate of drug-likeness (QED) is 0.149. The van der Waals surface area contributed by atoms with Crippen molar-refractivity contribution in [2.45, 2.75) is 103 Å². The molecule has 12 heterocycles. The zero-order valence-corrected chi connectivity index (χ0v) is 77.2. The van der Waals surface area contributed by atoms with E-state index in [0.717, 1.165) is 103 Å². The smallest absolute Gasteiger partial charge is 0.0716 e. The molecule has 0 radical (unpaired) electrons. The lowest BCUT2D eigenvalue weighted by atomic mass is 9.84. The highest BCUT2D eigenvalue weighted by molar-refractivity contribution is 6.03. The first kappa shape index (κ1) is 76.5. The van der Waals surface area contributed by atoms with Gasteiger partial charge in [-0.15, -0.1) is 0 Å². The van der Waals surface area contributed by atoms with E-state index in [9.17, 15) is 0 Å². The van der Waals surface area contributed by atoms with E-state index in [1.807, 2.05) is 18.6 Å². The van der Waals surface area contributed by atoms with Crippen LogP contribution in [0.2, 0.25) is 0 Å². The molecule has 656 valence electrons. The third-order valence-corrected chi connectivity index (χ3v) is 34.2. The van der Waals surface area contributed by atoms with Gasteiger partial charge in [-0.1, -0.05) is 212 Å². The maximum absolute atomic E-state index is 4.91. The van der Waals surface area contributed by atoms with Crippen molar-refractivity contribution in [2.24, 2.45) is 0 Å². The summed E-state index contributed by atoms with van der Waals surface area (Å²) in [4.78, 5) is 29.3. The first-order chi connectivity index (χ1) is 69.3. The monoisotopic (exact) mass is 1780 g/mol. The van der Waals surface area contributed by atoms with Crippen LogP contribution in [0.4, 0.5) is 68.2 Å². The molecule has 16 aliphatic rings. The molecule has 0 fully saturated rings. The Hall–Kier alpha value is -16.7. The fourth-order valence-corrected chi connectivity index (χ4v) is 28.4. The Kier molecular flexibility index (Phi) is 15.6. The molecule has 0 N–H and O–H groups in total. The minimum absolute atomic E-state index is 0.896. The molecule has 0 saturated heterocycles. The molecular formula is C132H88N8.